The van der Waals surface area contributed by atoms with E-state index in [0.29, 0.717) is 23.8 Å². The van der Waals surface area contributed by atoms with Crippen LogP contribution in [0.1, 0.15) is 34.4 Å². The Labute approximate surface area is 208 Å². The summed E-state index contributed by atoms with van der Waals surface area (Å²) in [5, 5.41) is 1.41. The van der Waals surface area contributed by atoms with Gasteiger partial charge in [0.2, 0.25) is 0 Å². The average molecular weight is 494 g/mol. The number of aromatic nitrogens is 1. The van der Waals surface area contributed by atoms with Gasteiger partial charge in [-0.15, -0.1) is 19.8 Å². The van der Waals surface area contributed by atoms with Crippen LogP contribution < -0.4 is 4.74 Å². The predicted molar refractivity (Wildman–Crippen MR) is 135 cm³/mol. The lowest BCUT2D eigenvalue weighted by Gasteiger charge is -2.10. The molecule has 0 aliphatic heterocycles. The summed E-state index contributed by atoms with van der Waals surface area (Å²) < 4.78 is 56.0. The summed E-state index contributed by atoms with van der Waals surface area (Å²) in [7, 11) is 0. The minimum atomic E-state index is -4.72. The highest BCUT2D eigenvalue weighted by molar-refractivity contribution is 5.84. The van der Waals surface area contributed by atoms with Crippen molar-refractivity contribution < 1.29 is 22.3 Å². The number of hydrogen-bond donors (Lipinski definition) is 0. The quantitative estimate of drug-likeness (QED) is 0.165. The molecule has 186 valence electrons. The standard InChI is InChI=1S/C30H27F4NO/c1-2-3-4-23-7-15-26(35-20-23)14-6-22-10-18-28-25(19-22)13-12-24(29(28)31)11-5-21-8-16-27(17-9-21)36-30(32,33)34/h2,7-10,12-13,15-20H,1,3-6,11,14H2. The topological polar surface area (TPSA) is 22.1 Å². The highest BCUT2D eigenvalue weighted by atomic mass is 19.4. The molecule has 1 aromatic heterocycles. The van der Waals surface area contributed by atoms with E-state index in [1.807, 2.05) is 36.5 Å². The van der Waals surface area contributed by atoms with Crippen LogP contribution in [0.25, 0.3) is 10.8 Å². The van der Waals surface area contributed by atoms with E-state index in [4.69, 9.17) is 0 Å². The molecule has 1 heterocycles. The number of aryl methyl sites for hydroxylation is 5. The molecule has 0 aliphatic rings. The second-order valence-electron chi connectivity index (χ2n) is 8.77. The van der Waals surface area contributed by atoms with Gasteiger partial charge in [0, 0.05) is 17.3 Å². The van der Waals surface area contributed by atoms with Gasteiger partial charge in [-0.25, -0.2) is 4.39 Å². The largest absolute Gasteiger partial charge is 0.573 e. The Morgan fingerprint density at radius 2 is 1.50 bits per heavy atom. The molecule has 2 nitrogen and oxygen atoms in total. The van der Waals surface area contributed by atoms with Gasteiger partial charge in [0.25, 0.3) is 0 Å². The van der Waals surface area contributed by atoms with Gasteiger partial charge in [-0.3, -0.25) is 4.98 Å². The van der Waals surface area contributed by atoms with E-state index in [1.165, 1.54) is 17.7 Å². The lowest BCUT2D eigenvalue weighted by atomic mass is 9.98. The van der Waals surface area contributed by atoms with Crippen molar-refractivity contribution in [1.82, 2.24) is 4.98 Å². The number of nitrogens with zero attached hydrogens (tertiary/aromatic N) is 1. The van der Waals surface area contributed by atoms with Gasteiger partial charge in [-0.2, -0.15) is 0 Å². The zero-order valence-corrected chi connectivity index (χ0v) is 19.8. The summed E-state index contributed by atoms with van der Waals surface area (Å²) in [4.78, 5) is 4.55. The molecule has 0 amide bonds. The molecule has 3 aromatic carbocycles. The Balaban J connectivity index is 1.37. The number of benzene rings is 3. The van der Waals surface area contributed by atoms with Crippen LogP contribution in [-0.2, 0) is 32.1 Å². The van der Waals surface area contributed by atoms with Crippen LogP contribution in [0.4, 0.5) is 17.6 Å². The number of ether oxygens (including phenoxy) is 1. The molecule has 0 atom stereocenters. The number of halogens is 4. The lowest BCUT2D eigenvalue weighted by Crippen LogP contribution is -2.17. The second kappa shape index (κ2) is 11.4. The third kappa shape index (κ3) is 6.94. The van der Waals surface area contributed by atoms with Crippen molar-refractivity contribution in [3.63, 3.8) is 0 Å². The van der Waals surface area contributed by atoms with Crippen LogP contribution in [0.5, 0.6) is 5.75 Å². The number of fused-ring (bicyclic) bond motifs is 1. The molecule has 0 saturated heterocycles. The molecule has 0 radical (unpaired) electrons. The van der Waals surface area contributed by atoms with E-state index >= 15 is 4.39 Å². The van der Waals surface area contributed by atoms with E-state index in [0.717, 1.165) is 47.9 Å². The first kappa shape index (κ1) is 25.4. The van der Waals surface area contributed by atoms with E-state index in [1.54, 1.807) is 18.2 Å². The van der Waals surface area contributed by atoms with Crippen molar-refractivity contribution in [2.45, 2.75) is 44.9 Å². The third-order valence-electron chi connectivity index (χ3n) is 6.13. The molecular formula is C30H27F4NO. The Morgan fingerprint density at radius 1 is 0.778 bits per heavy atom. The van der Waals surface area contributed by atoms with E-state index in [-0.39, 0.29) is 11.6 Å². The normalized spacial score (nSPS) is 11.6. The molecule has 0 bridgehead atoms. The van der Waals surface area contributed by atoms with Crippen molar-refractivity contribution in [3.05, 3.63) is 119 Å². The van der Waals surface area contributed by atoms with Crippen molar-refractivity contribution in [2.24, 2.45) is 0 Å². The lowest BCUT2D eigenvalue weighted by molar-refractivity contribution is -0.274. The predicted octanol–water partition coefficient (Wildman–Crippen LogP) is 7.96. The van der Waals surface area contributed by atoms with Gasteiger partial charge in [-0.05, 0) is 84.4 Å². The van der Waals surface area contributed by atoms with E-state index in [2.05, 4.69) is 28.4 Å². The monoisotopic (exact) mass is 493 g/mol. The number of rotatable bonds is 10. The van der Waals surface area contributed by atoms with E-state index in [9.17, 15) is 13.2 Å². The first-order chi connectivity index (χ1) is 17.3. The van der Waals surface area contributed by atoms with Crippen LogP contribution >= 0.6 is 0 Å². The molecule has 6 heteroatoms. The van der Waals surface area contributed by atoms with Crippen molar-refractivity contribution in [1.29, 1.82) is 0 Å². The van der Waals surface area contributed by atoms with Gasteiger partial charge >= 0.3 is 6.36 Å². The van der Waals surface area contributed by atoms with Crippen LogP contribution in [0.2, 0.25) is 0 Å². The number of allylic oxidation sites excluding steroid dienone is 1. The summed E-state index contributed by atoms with van der Waals surface area (Å²) in [6.07, 6.45) is 3.54. The molecule has 0 fully saturated rings. The maximum absolute atomic E-state index is 15.2. The summed E-state index contributed by atoms with van der Waals surface area (Å²) in [5.74, 6) is -0.525. The summed E-state index contributed by atoms with van der Waals surface area (Å²) in [5.41, 5.74) is 4.72. The zero-order chi connectivity index (χ0) is 25.5. The second-order valence-corrected chi connectivity index (χ2v) is 8.77. The Bertz CT molecular complexity index is 1310. The average Bonchev–Trinajstić information content (AvgIpc) is 2.86. The molecule has 0 N–H and O–H groups in total. The first-order valence-electron chi connectivity index (χ1n) is 11.9. The molecule has 0 unspecified atom stereocenters. The fraction of sp³-hybridized carbons (Fsp3) is 0.233. The molecule has 0 aliphatic carbocycles. The summed E-state index contributed by atoms with van der Waals surface area (Å²) in [6, 6.07) is 19.3. The minimum absolute atomic E-state index is 0.257. The summed E-state index contributed by atoms with van der Waals surface area (Å²) >= 11 is 0. The van der Waals surface area contributed by atoms with Crippen LogP contribution in [-0.4, -0.2) is 11.3 Å². The molecule has 4 rings (SSSR count). The Morgan fingerprint density at radius 3 is 2.19 bits per heavy atom. The van der Waals surface area contributed by atoms with E-state index < -0.39 is 6.36 Å². The molecule has 4 aromatic rings. The van der Waals surface area contributed by atoms with Gasteiger partial charge in [0.05, 0.1) is 0 Å². The Kier molecular flexibility index (Phi) is 8.04. The Hall–Kier alpha value is -3.67. The number of pyridine rings is 1. The van der Waals surface area contributed by atoms with Crippen molar-refractivity contribution >= 4 is 10.8 Å². The van der Waals surface area contributed by atoms with Crippen molar-refractivity contribution in [2.75, 3.05) is 0 Å². The maximum Gasteiger partial charge on any atom is 0.573 e. The number of alkyl halides is 3. The van der Waals surface area contributed by atoms with Crippen molar-refractivity contribution in [3.8, 4) is 5.75 Å². The molecule has 36 heavy (non-hydrogen) atoms. The maximum atomic E-state index is 15.2. The van der Waals surface area contributed by atoms with Gasteiger partial charge in [0.15, 0.2) is 0 Å². The molecular weight excluding hydrogens is 466 g/mol. The van der Waals surface area contributed by atoms with Crippen LogP contribution in [0.3, 0.4) is 0 Å². The minimum Gasteiger partial charge on any atom is -0.406 e. The molecule has 0 saturated carbocycles. The fourth-order valence-electron chi connectivity index (χ4n) is 4.16. The number of hydrogen-bond acceptors (Lipinski definition) is 2. The van der Waals surface area contributed by atoms with Gasteiger partial charge in [-0.1, -0.05) is 54.6 Å². The zero-order valence-electron chi connectivity index (χ0n) is 19.8. The van der Waals surface area contributed by atoms with Gasteiger partial charge in [0.1, 0.15) is 11.6 Å². The molecule has 0 spiro atoms. The highest BCUT2D eigenvalue weighted by Crippen LogP contribution is 2.26. The van der Waals surface area contributed by atoms with Gasteiger partial charge < -0.3 is 4.74 Å². The highest BCUT2D eigenvalue weighted by Gasteiger charge is 2.30. The SMILES string of the molecule is C=CCCc1ccc(CCc2ccc3c(F)c(CCc4ccc(OC(F)(F)F)cc4)ccc3c2)nc1. The van der Waals surface area contributed by atoms with Crippen LogP contribution in [0, 0.1) is 5.82 Å². The van der Waals surface area contributed by atoms with Crippen LogP contribution in [0.15, 0.2) is 85.6 Å². The smallest absolute Gasteiger partial charge is 0.406 e. The summed E-state index contributed by atoms with van der Waals surface area (Å²) in [6.45, 7) is 3.74. The third-order valence-corrected chi connectivity index (χ3v) is 6.13. The fourth-order valence-corrected chi connectivity index (χ4v) is 4.16. The first-order valence-corrected chi connectivity index (χ1v) is 11.9.